The van der Waals surface area contributed by atoms with Crippen molar-refractivity contribution in [3.8, 4) is 10.4 Å². The Hall–Kier alpha value is -3.78. The lowest BCUT2D eigenvalue weighted by Crippen LogP contribution is -2.28. The van der Waals surface area contributed by atoms with E-state index in [0.717, 1.165) is 5.56 Å². The first-order valence-electron chi connectivity index (χ1n) is 9.44. The second kappa shape index (κ2) is 9.62. The lowest BCUT2D eigenvalue weighted by Gasteiger charge is -2.09. The van der Waals surface area contributed by atoms with Crippen LogP contribution in [0.15, 0.2) is 78.6 Å². The molecule has 0 saturated carbocycles. The van der Waals surface area contributed by atoms with Crippen LogP contribution in [0.1, 0.15) is 10.4 Å². The van der Waals surface area contributed by atoms with Crippen molar-refractivity contribution in [2.24, 2.45) is 0 Å². The van der Waals surface area contributed by atoms with Crippen molar-refractivity contribution >= 4 is 34.7 Å². The summed E-state index contributed by atoms with van der Waals surface area (Å²) in [6.07, 6.45) is 3.18. The predicted molar refractivity (Wildman–Crippen MR) is 120 cm³/mol. The third kappa shape index (κ3) is 5.18. The van der Waals surface area contributed by atoms with E-state index in [4.69, 9.17) is 0 Å². The monoisotopic (exact) mass is 416 g/mol. The molecule has 3 aromatic heterocycles. The van der Waals surface area contributed by atoms with Gasteiger partial charge in [0, 0.05) is 35.8 Å². The Balaban J connectivity index is 1.25. The Labute approximate surface area is 178 Å². The molecule has 0 aliphatic rings. The van der Waals surface area contributed by atoms with E-state index >= 15 is 0 Å². The average Bonchev–Trinajstić information content (AvgIpc) is 3.33. The zero-order chi connectivity index (χ0) is 20.6. The Morgan fingerprint density at radius 1 is 0.867 bits per heavy atom. The van der Waals surface area contributed by atoms with E-state index in [1.807, 2.05) is 53.9 Å². The summed E-state index contributed by atoms with van der Waals surface area (Å²) in [6.45, 7) is 1.01. The first kappa shape index (κ1) is 19.5. The number of hydrogen-bond acceptors (Lipinski definition) is 7. The van der Waals surface area contributed by atoms with E-state index in [2.05, 4.69) is 37.0 Å². The van der Waals surface area contributed by atoms with Crippen molar-refractivity contribution in [1.29, 1.82) is 0 Å². The number of anilines is 3. The first-order valence-corrected chi connectivity index (χ1v) is 10.3. The minimum atomic E-state index is -0.102. The minimum Gasteiger partial charge on any atom is -0.368 e. The molecule has 0 radical (unpaired) electrons. The number of rotatable bonds is 8. The second-order valence-corrected chi connectivity index (χ2v) is 7.31. The smallest absolute Gasteiger partial charge is 0.251 e. The van der Waals surface area contributed by atoms with Crippen molar-refractivity contribution in [1.82, 2.24) is 20.3 Å². The number of aromatic nitrogens is 3. The molecule has 0 atom stereocenters. The summed E-state index contributed by atoms with van der Waals surface area (Å²) in [5, 5.41) is 11.2. The van der Waals surface area contributed by atoms with E-state index in [1.54, 1.807) is 23.6 Å². The minimum absolute atomic E-state index is 0.102. The molecule has 3 heterocycles. The highest BCUT2D eigenvalue weighted by atomic mass is 32.1. The summed E-state index contributed by atoms with van der Waals surface area (Å²) in [5.41, 5.74) is 1.75. The number of amides is 1. The van der Waals surface area contributed by atoms with Crippen LogP contribution in [0.3, 0.4) is 0 Å². The summed E-state index contributed by atoms with van der Waals surface area (Å²) < 4.78 is 0. The van der Waals surface area contributed by atoms with Gasteiger partial charge in [0.25, 0.3) is 5.91 Å². The molecule has 1 amide bonds. The maximum Gasteiger partial charge on any atom is 0.251 e. The highest BCUT2D eigenvalue weighted by Gasteiger charge is 2.06. The van der Waals surface area contributed by atoms with Gasteiger partial charge in [-0.3, -0.25) is 4.79 Å². The van der Waals surface area contributed by atoms with Gasteiger partial charge in [0.2, 0.25) is 0 Å². The van der Waals surface area contributed by atoms with Crippen LogP contribution >= 0.6 is 11.3 Å². The Morgan fingerprint density at radius 3 is 2.50 bits per heavy atom. The van der Waals surface area contributed by atoms with Gasteiger partial charge in [0.1, 0.15) is 23.8 Å². The molecule has 8 heteroatoms. The normalized spacial score (nSPS) is 10.4. The predicted octanol–water partition coefficient (Wildman–Crippen LogP) is 4.19. The molecular weight excluding hydrogens is 396 g/mol. The van der Waals surface area contributed by atoms with E-state index < -0.39 is 0 Å². The van der Waals surface area contributed by atoms with Gasteiger partial charge in [-0.15, -0.1) is 11.3 Å². The van der Waals surface area contributed by atoms with E-state index in [1.165, 1.54) is 11.2 Å². The molecule has 4 aromatic rings. The van der Waals surface area contributed by atoms with Crippen LogP contribution in [0.4, 0.5) is 17.5 Å². The molecule has 0 spiro atoms. The largest absolute Gasteiger partial charge is 0.368 e. The SMILES string of the molecule is O=C(NCCNc1cc(Nc2ccccn2)ncn1)c1ccc(-c2cccs2)cc1. The summed E-state index contributed by atoms with van der Waals surface area (Å²) in [5.74, 6) is 1.91. The molecule has 150 valence electrons. The lowest BCUT2D eigenvalue weighted by molar-refractivity contribution is 0.0955. The fourth-order valence-corrected chi connectivity index (χ4v) is 3.52. The highest BCUT2D eigenvalue weighted by molar-refractivity contribution is 7.13. The molecule has 0 aliphatic carbocycles. The van der Waals surface area contributed by atoms with Crippen LogP contribution in [-0.2, 0) is 0 Å². The zero-order valence-corrected chi connectivity index (χ0v) is 16.9. The molecule has 3 N–H and O–H groups in total. The van der Waals surface area contributed by atoms with Crippen LogP contribution in [0, 0.1) is 0 Å². The van der Waals surface area contributed by atoms with Crippen molar-refractivity contribution < 1.29 is 4.79 Å². The topological polar surface area (TPSA) is 91.8 Å². The van der Waals surface area contributed by atoms with Gasteiger partial charge in [0.05, 0.1) is 0 Å². The third-order valence-electron chi connectivity index (χ3n) is 4.26. The van der Waals surface area contributed by atoms with Crippen molar-refractivity contribution in [2.75, 3.05) is 23.7 Å². The number of pyridine rings is 1. The molecule has 0 saturated heterocycles. The molecule has 30 heavy (non-hydrogen) atoms. The van der Waals surface area contributed by atoms with Gasteiger partial charge in [-0.2, -0.15) is 0 Å². The molecule has 0 fully saturated rings. The van der Waals surface area contributed by atoms with Gasteiger partial charge >= 0.3 is 0 Å². The second-order valence-electron chi connectivity index (χ2n) is 6.37. The third-order valence-corrected chi connectivity index (χ3v) is 5.18. The quantitative estimate of drug-likeness (QED) is 0.373. The number of hydrogen-bond donors (Lipinski definition) is 3. The number of nitrogens with one attached hydrogen (secondary N) is 3. The van der Waals surface area contributed by atoms with Gasteiger partial charge in [0.15, 0.2) is 0 Å². The Morgan fingerprint density at radius 2 is 1.73 bits per heavy atom. The molecule has 4 rings (SSSR count). The van der Waals surface area contributed by atoms with Crippen molar-refractivity contribution in [2.45, 2.75) is 0 Å². The molecule has 0 unspecified atom stereocenters. The summed E-state index contributed by atoms with van der Waals surface area (Å²) >= 11 is 1.68. The fourth-order valence-electron chi connectivity index (χ4n) is 2.79. The van der Waals surface area contributed by atoms with Crippen LogP contribution in [-0.4, -0.2) is 33.9 Å². The van der Waals surface area contributed by atoms with E-state index in [-0.39, 0.29) is 5.91 Å². The zero-order valence-electron chi connectivity index (χ0n) is 16.1. The van der Waals surface area contributed by atoms with Crippen LogP contribution in [0.25, 0.3) is 10.4 Å². The van der Waals surface area contributed by atoms with Crippen molar-refractivity contribution in [3.05, 3.63) is 84.1 Å². The summed E-state index contributed by atoms with van der Waals surface area (Å²) in [6, 6.07) is 19.1. The molecule has 0 aliphatic heterocycles. The van der Waals surface area contributed by atoms with E-state index in [0.29, 0.717) is 36.1 Å². The number of benzene rings is 1. The van der Waals surface area contributed by atoms with Gasteiger partial charge in [-0.1, -0.05) is 24.3 Å². The van der Waals surface area contributed by atoms with E-state index in [9.17, 15) is 4.79 Å². The molecule has 7 nitrogen and oxygen atoms in total. The fraction of sp³-hybridized carbons (Fsp3) is 0.0909. The summed E-state index contributed by atoms with van der Waals surface area (Å²) in [7, 11) is 0. The Bertz CT molecular complexity index is 1080. The number of thiophene rings is 1. The van der Waals surface area contributed by atoms with Crippen LogP contribution < -0.4 is 16.0 Å². The number of nitrogens with zero attached hydrogens (tertiary/aromatic N) is 3. The molecular formula is C22H20N6OS. The standard InChI is InChI=1S/C22H20N6OS/c29-22(17-8-6-16(7-9-17)18-4-3-13-30-18)25-12-11-24-20-14-21(27-15-26-20)28-19-5-1-2-10-23-19/h1-10,13-15H,11-12H2,(H,25,29)(H2,23,24,26,27,28). The maximum absolute atomic E-state index is 12.3. The van der Waals surface area contributed by atoms with Crippen LogP contribution in [0.5, 0.6) is 0 Å². The number of carbonyl (C=O) groups excluding carboxylic acids is 1. The van der Waals surface area contributed by atoms with Gasteiger partial charge < -0.3 is 16.0 Å². The van der Waals surface area contributed by atoms with Gasteiger partial charge in [-0.05, 0) is 41.3 Å². The first-order chi connectivity index (χ1) is 14.8. The van der Waals surface area contributed by atoms with Crippen LogP contribution in [0.2, 0.25) is 0 Å². The summed E-state index contributed by atoms with van der Waals surface area (Å²) in [4.78, 5) is 26.1. The van der Waals surface area contributed by atoms with Crippen molar-refractivity contribution in [3.63, 3.8) is 0 Å². The molecule has 1 aromatic carbocycles. The Kier molecular flexibility index (Phi) is 6.26. The lowest BCUT2D eigenvalue weighted by atomic mass is 10.1. The highest BCUT2D eigenvalue weighted by Crippen LogP contribution is 2.24. The molecule has 0 bridgehead atoms. The van der Waals surface area contributed by atoms with Gasteiger partial charge in [-0.25, -0.2) is 15.0 Å². The average molecular weight is 417 g/mol. The maximum atomic E-state index is 12.3. The number of carbonyl (C=O) groups is 1.